The molecule has 0 spiro atoms. The molecule has 0 N–H and O–H groups in total. The van der Waals surface area contributed by atoms with Crippen LogP contribution in [0.4, 0.5) is 0 Å². The van der Waals surface area contributed by atoms with Gasteiger partial charge in [0, 0.05) is 20.8 Å². The lowest BCUT2D eigenvalue weighted by atomic mass is 10.4. The predicted octanol–water partition coefficient (Wildman–Crippen LogP) is 4.81. The zero-order valence-corrected chi connectivity index (χ0v) is 17.3. The minimum Gasteiger partial charge on any atom is -0.445 e. The van der Waals surface area contributed by atoms with Crippen LogP contribution >= 0.6 is 18.7 Å². The van der Waals surface area contributed by atoms with E-state index in [1.54, 1.807) is 0 Å². The first-order chi connectivity index (χ1) is 14.7. The average molecular weight is 435 g/mol. The van der Waals surface area contributed by atoms with Crippen LogP contribution < -0.4 is 15.9 Å². The second-order valence-electron chi connectivity index (χ2n) is 6.40. The van der Waals surface area contributed by atoms with Crippen LogP contribution in [0.25, 0.3) is 10.4 Å². The van der Waals surface area contributed by atoms with Crippen molar-refractivity contribution in [3.63, 3.8) is 0 Å². The highest BCUT2D eigenvalue weighted by Crippen LogP contribution is 2.49. The Labute approximate surface area is 178 Å². The van der Waals surface area contributed by atoms with E-state index in [4.69, 9.17) is 26.6 Å². The Hall–Kier alpha value is -3.30. The van der Waals surface area contributed by atoms with Gasteiger partial charge in [-0.15, -0.1) is 0 Å². The second kappa shape index (κ2) is 8.60. The summed E-state index contributed by atoms with van der Waals surface area (Å²) < 4.78 is 10.2. The molecule has 8 heteroatoms. The Balaban J connectivity index is 2.15. The standard InChI is InChI=1S/C22H16ClN4O2P/c23-19-20(21(25-27-24)29-22(19)28)26-30(16-10-4-1-5-11-16,17-12-6-2-7-13-17)18-14-8-3-9-15-18/h1-15,21H/t21-/m0/s1. The Bertz CT molecular complexity index is 1100. The molecule has 1 aliphatic heterocycles. The maximum Gasteiger partial charge on any atom is 0.352 e. The zero-order valence-electron chi connectivity index (χ0n) is 15.7. The van der Waals surface area contributed by atoms with Crippen LogP contribution in [0, 0.1) is 0 Å². The van der Waals surface area contributed by atoms with Gasteiger partial charge in [0.05, 0.1) is 7.05 Å². The number of carbonyl (C=O) groups is 1. The van der Waals surface area contributed by atoms with Gasteiger partial charge in [0.1, 0.15) is 5.70 Å². The van der Waals surface area contributed by atoms with Crippen molar-refractivity contribution in [1.29, 1.82) is 0 Å². The summed E-state index contributed by atoms with van der Waals surface area (Å²) in [4.78, 5) is 14.9. The molecular weight excluding hydrogens is 419 g/mol. The van der Waals surface area contributed by atoms with Gasteiger partial charge >= 0.3 is 5.97 Å². The minimum atomic E-state index is -2.66. The SMILES string of the molecule is [N-]=[N+]=N[C@H]1OC(=O)C(Cl)=C1N=P(c1ccccc1)(c1ccccc1)c1ccccc1. The number of cyclic esters (lactones) is 1. The van der Waals surface area contributed by atoms with Gasteiger partial charge in [-0.25, -0.2) is 4.79 Å². The fourth-order valence-electron chi connectivity index (χ4n) is 3.35. The number of benzene rings is 3. The van der Waals surface area contributed by atoms with Crippen molar-refractivity contribution in [2.45, 2.75) is 6.23 Å². The van der Waals surface area contributed by atoms with Crippen molar-refractivity contribution >= 4 is 40.5 Å². The number of rotatable bonds is 5. The predicted molar refractivity (Wildman–Crippen MR) is 119 cm³/mol. The number of carbonyl (C=O) groups excluding carboxylic acids is 1. The van der Waals surface area contributed by atoms with Gasteiger partial charge in [-0.1, -0.05) is 103 Å². The molecule has 1 atom stereocenters. The van der Waals surface area contributed by atoms with E-state index in [1.807, 2.05) is 91.0 Å². The molecule has 0 aliphatic carbocycles. The highest BCUT2D eigenvalue weighted by Gasteiger charge is 2.36. The molecule has 0 bridgehead atoms. The molecule has 3 aromatic carbocycles. The lowest BCUT2D eigenvalue weighted by Crippen LogP contribution is -2.26. The molecule has 0 saturated heterocycles. The third-order valence-electron chi connectivity index (χ3n) is 4.66. The van der Waals surface area contributed by atoms with E-state index in [0.717, 1.165) is 15.9 Å². The highest BCUT2D eigenvalue weighted by molar-refractivity contribution is 7.87. The summed E-state index contributed by atoms with van der Waals surface area (Å²) >= 11 is 6.27. The van der Waals surface area contributed by atoms with Crippen molar-refractivity contribution in [3.8, 4) is 0 Å². The zero-order chi connectivity index (χ0) is 21.0. The molecule has 30 heavy (non-hydrogen) atoms. The number of azide groups is 1. The summed E-state index contributed by atoms with van der Waals surface area (Å²) in [7, 11) is -2.66. The molecule has 148 valence electrons. The number of ether oxygens (including phenoxy) is 1. The molecule has 0 fully saturated rings. The normalized spacial score (nSPS) is 16.0. The van der Waals surface area contributed by atoms with Crippen LogP contribution in [0.2, 0.25) is 0 Å². The number of hydrogen-bond acceptors (Lipinski definition) is 4. The Morgan fingerprint density at radius 2 is 1.27 bits per heavy atom. The van der Waals surface area contributed by atoms with E-state index in [2.05, 4.69) is 10.0 Å². The van der Waals surface area contributed by atoms with Crippen molar-refractivity contribution in [1.82, 2.24) is 0 Å². The second-order valence-corrected chi connectivity index (χ2v) is 9.80. The summed E-state index contributed by atoms with van der Waals surface area (Å²) in [6, 6.07) is 29.5. The maximum atomic E-state index is 12.1. The average Bonchev–Trinajstić information content (AvgIpc) is 3.06. The quantitative estimate of drug-likeness (QED) is 0.190. The highest BCUT2D eigenvalue weighted by atomic mass is 35.5. The van der Waals surface area contributed by atoms with E-state index < -0.39 is 19.3 Å². The lowest BCUT2D eigenvalue weighted by molar-refractivity contribution is -0.138. The summed E-state index contributed by atoms with van der Waals surface area (Å²) in [5.41, 5.74) is 9.08. The van der Waals surface area contributed by atoms with Crippen molar-refractivity contribution in [3.05, 3.63) is 112 Å². The first kappa shape index (κ1) is 20.0. The van der Waals surface area contributed by atoms with E-state index in [0.29, 0.717) is 0 Å². The van der Waals surface area contributed by atoms with Crippen LogP contribution in [-0.4, -0.2) is 12.2 Å². The first-order valence-corrected chi connectivity index (χ1v) is 11.2. The van der Waals surface area contributed by atoms with Gasteiger partial charge in [-0.3, -0.25) is 4.74 Å². The van der Waals surface area contributed by atoms with E-state index >= 15 is 0 Å². The molecule has 0 saturated carbocycles. The number of nitrogens with zero attached hydrogens (tertiary/aromatic N) is 4. The van der Waals surface area contributed by atoms with Crippen LogP contribution in [-0.2, 0) is 9.53 Å². The first-order valence-electron chi connectivity index (χ1n) is 9.11. The van der Waals surface area contributed by atoms with Crippen molar-refractivity contribution in [2.24, 2.45) is 9.86 Å². The largest absolute Gasteiger partial charge is 0.445 e. The Kier molecular flexibility index (Phi) is 5.73. The fourth-order valence-corrected chi connectivity index (χ4v) is 7.17. The molecule has 4 rings (SSSR count). The van der Waals surface area contributed by atoms with Gasteiger partial charge in [0.15, 0.2) is 5.03 Å². The van der Waals surface area contributed by atoms with Crippen LogP contribution in [0.3, 0.4) is 0 Å². The number of esters is 1. The molecule has 0 unspecified atom stereocenters. The molecule has 3 aromatic rings. The summed E-state index contributed by atoms with van der Waals surface area (Å²) in [5.74, 6) is -0.750. The van der Waals surface area contributed by atoms with Crippen molar-refractivity contribution in [2.75, 3.05) is 0 Å². The van der Waals surface area contributed by atoms with E-state index in [9.17, 15) is 4.79 Å². The van der Waals surface area contributed by atoms with Crippen LogP contribution in [0.15, 0.2) is 112 Å². The van der Waals surface area contributed by atoms with Crippen LogP contribution in [0.1, 0.15) is 0 Å². The summed E-state index contributed by atoms with van der Waals surface area (Å²) in [6.45, 7) is 0. The van der Waals surface area contributed by atoms with Gasteiger partial charge in [-0.05, 0) is 10.6 Å². The number of halogens is 1. The third kappa shape index (κ3) is 3.53. The maximum absolute atomic E-state index is 12.1. The molecule has 1 aliphatic rings. The third-order valence-corrected chi connectivity index (χ3v) is 8.66. The monoisotopic (exact) mass is 434 g/mol. The smallest absolute Gasteiger partial charge is 0.352 e. The summed E-state index contributed by atoms with van der Waals surface area (Å²) in [6.07, 6.45) is -1.20. The lowest BCUT2D eigenvalue weighted by Gasteiger charge is -2.27. The topological polar surface area (TPSA) is 87.4 Å². The molecule has 0 amide bonds. The van der Waals surface area contributed by atoms with Gasteiger partial charge in [0.2, 0.25) is 6.23 Å². The van der Waals surface area contributed by atoms with Crippen molar-refractivity contribution < 1.29 is 9.53 Å². The number of hydrogen-bond donors (Lipinski definition) is 0. The Morgan fingerprint density at radius 3 is 1.67 bits per heavy atom. The molecular formula is C22H16ClN4O2P. The molecule has 0 radical (unpaired) electrons. The van der Waals surface area contributed by atoms with Gasteiger partial charge in [-0.2, -0.15) is 0 Å². The van der Waals surface area contributed by atoms with Crippen LogP contribution in [0.5, 0.6) is 0 Å². The van der Waals surface area contributed by atoms with E-state index in [1.165, 1.54) is 0 Å². The molecule has 6 nitrogen and oxygen atoms in total. The Morgan fingerprint density at radius 1 is 0.833 bits per heavy atom. The van der Waals surface area contributed by atoms with E-state index in [-0.39, 0.29) is 10.7 Å². The molecule has 1 heterocycles. The minimum absolute atomic E-state index is 0.143. The fraction of sp³-hybridized carbons (Fsp3) is 0.0455. The summed E-state index contributed by atoms with van der Waals surface area (Å²) in [5, 5.41) is 6.34. The van der Waals surface area contributed by atoms with Gasteiger partial charge in [0.25, 0.3) is 0 Å². The molecule has 0 aromatic heterocycles. The van der Waals surface area contributed by atoms with Gasteiger partial charge < -0.3 is 4.74 Å².